The van der Waals surface area contributed by atoms with Crippen LogP contribution in [0.5, 0.6) is 0 Å². The van der Waals surface area contributed by atoms with Crippen LogP contribution in [-0.2, 0) is 13.0 Å². The van der Waals surface area contributed by atoms with Crippen molar-refractivity contribution in [3.8, 4) is 0 Å². The van der Waals surface area contributed by atoms with Crippen molar-refractivity contribution in [2.45, 2.75) is 32.7 Å². The van der Waals surface area contributed by atoms with Crippen LogP contribution in [0, 0.1) is 6.92 Å². The third kappa shape index (κ3) is 2.94. The Hall–Kier alpha value is -1.85. The lowest BCUT2D eigenvalue weighted by Crippen LogP contribution is -2.06. The third-order valence-electron chi connectivity index (χ3n) is 3.83. The lowest BCUT2D eigenvalue weighted by atomic mass is 10.0. The van der Waals surface area contributed by atoms with Gasteiger partial charge in [-0.15, -0.1) is 0 Å². The quantitative estimate of drug-likeness (QED) is 0.728. The molecule has 0 radical (unpaired) electrons. The van der Waals surface area contributed by atoms with E-state index in [0.717, 1.165) is 16.6 Å². The maximum absolute atomic E-state index is 11.5. The fourth-order valence-electron chi connectivity index (χ4n) is 2.86. The molecule has 0 saturated carbocycles. The SMILES string of the molecule is Cc1c(CCCO)c2cccc(C(=O)O)c2n1CCCO. The Morgan fingerprint density at radius 3 is 2.52 bits per heavy atom. The summed E-state index contributed by atoms with van der Waals surface area (Å²) < 4.78 is 1.97. The number of aliphatic hydroxyl groups excluding tert-OH is 2. The van der Waals surface area contributed by atoms with Gasteiger partial charge in [-0.2, -0.15) is 0 Å². The van der Waals surface area contributed by atoms with Gasteiger partial charge in [0.15, 0.2) is 0 Å². The van der Waals surface area contributed by atoms with Gasteiger partial charge >= 0.3 is 5.97 Å². The first kappa shape index (κ1) is 15.5. The first-order valence-electron chi connectivity index (χ1n) is 7.17. The number of aromatic carboxylic acids is 1. The van der Waals surface area contributed by atoms with E-state index in [1.165, 1.54) is 0 Å². The molecule has 0 unspecified atom stereocenters. The molecule has 114 valence electrons. The molecule has 5 heteroatoms. The van der Waals surface area contributed by atoms with Crippen LogP contribution in [0.3, 0.4) is 0 Å². The molecule has 0 aliphatic carbocycles. The number of hydrogen-bond donors (Lipinski definition) is 3. The van der Waals surface area contributed by atoms with Crippen molar-refractivity contribution < 1.29 is 20.1 Å². The van der Waals surface area contributed by atoms with Gasteiger partial charge in [-0.3, -0.25) is 0 Å². The maximum Gasteiger partial charge on any atom is 0.337 e. The Morgan fingerprint density at radius 2 is 1.90 bits per heavy atom. The number of carboxylic acid groups (broad SMARTS) is 1. The minimum Gasteiger partial charge on any atom is -0.478 e. The summed E-state index contributed by atoms with van der Waals surface area (Å²) in [5.41, 5.74) is 3.09. The number of nitrogens with zero attached hydrogens (tertiary/aromatic N) is 1. The molecule has 0 fully saturated rings. The predicted molar refractivity (Wildman–Crippen MR) is 80.7 cm³/mol. The van der Waals surface area contributed by atoms with Gasteiger partial charge in [0.25, 0.3) is 0 Å². The second kappa shape index (κ2) is 6.74. The van der Waals surface area contributed by atoms with Crippen LogP contribution in [0.4, 0.5) is 0 Å². The molecule has 0 spiro atoms. The van der Waals surface area contributed by atoms with Crippen molar-refractivity contribution in [1.82, 2.24) is 4.57 Å². The summed E-state index contributed by atoms with van der Waals surface area (Å²) in [4.78, 5) is 11.5. The van der Waals surface area contributed by atoms with Crippen LogP contribution in [0.2, 0.25) is 0 Å². The van der Waals surface area contributed by atoms with Gasteiger partial charge in [0.1, 0.15) is 0 Å². The molecular weight excluding hydrogens is 270 g/mol. The largest absolute Gasteiger partial charge is 0.478 e. The summed E-state index contributed by atoms with van der Waals surface area (Å²) in [5.74, 6) is -0.947. The van der Waals surface area contributed by atoms with Crippen molar-refractivity contribution in [3.63, 3.8) is 0 Å². The minimum atomic E-state index is -0.947. The van der Waals surface area contributed by atoms with E-state index in [1.54, 1.807) is 12.1 Å². The van der Waals surface area contributed by atoms with Gasteiger partial charge in [0, 0.05) is 30.8 Å². The number of aliphatic hydroxyl groups is 2. The summed E-state index contributed by atoms with van der Waals surface area (Å²) in [6, 6.07) is 5.29. The number of aromatic nitrogens is 1. The van der Waals surface area contributed by atoms with Crippen molar-refractivity contribution in [1.29, 1.82) is 0 Å². The number of rotatable bonds is 7. The molecule has 0 aliphatic heterocycles. The summed E-state index contributed by atoms with van der Waals surface area (Å²) >= 11 is 0. The Morgan fingerprint density at radius 1 is 1.19 bits per heavy atom. The highest BCUT2D eigenvalue weighted by Crippen LogP contribution is 2.30. The third-order valence-corrected chi connectivity index (χ3v) is 3.83. The first-order valence-corrected chi connectivity index (χ1v) is 7.17. The summed E-state index contributed by atoms with van der Waals surface area (Å²) in [6.07, 6.45) is 1.95. The number of carboxylic acids is 1. The van der Waals surface area contributed by atoms with Crippen molar-refractivity contribution >= 4 is 16.9 Å². The highest BCUT2D eigenvalue weighted by atomic mass is 16.4. The number of hydrogen-bond acceptors (Lipinski definition) is 3. The van der Waals surface area contributed by atoms with E-state index < -0.39 is 5.97 Å². The van der Waals surface area contributed by atoms with Crippen LogP contribution in [0.25, 0.3) is 10.9 Å². The van der Waals surface area contributed by atoms with Crippen LogP contribution >= 0.6 is 0 Å². The van der Waals surface area contributed by atoms with Crippen LogP contribution in [0.1, 0.15) is 34.5 Å². The Kier molecular flexibility index (Phi) is 4.98. The maximum atomic E-state index is 11.5. The average molecular weight is 291 g/mol. The number of carbonyl (C=O) groups is 1. The van der Waals surface area contributed by atoms with Gasteiger partial charge in [-0.25, -0.2) is 4.79 Å². The molecule has 0 amide bonds. The summed E-state index contributed by atoms with van der Waals surface area (Å²) in [7, 11) is 0. The van der Waals surface area contributed by atoms with E-state index in [2.05, 4.69) is 0 Å². The van der Waals surface area contributed by atoms with Crippen LogP contribution in [-0.4, -0.2) is 39.1 Å². The molecule has 1 aromatic carbocycles. The predicted octanol–water partition coefficient (Wildman–Crippen LogP) is 1.96. The minimum absolute atomic E-state index is 0.0698. The molecular formula is C16H21NO4. The fraction of sp³-hybridized carbons (Fsp3) is 0.438. The molecule has 0 saturated heterocycles. The van der Waals surface area contributed by atoms with E-state index in [-0.39, 0.29) is 18.8 Å². The number of para-hydroxylation sites is 1. The highest BCUT2D eigenvalue weighted by molar-refractivity contribution is 6.03. The molecule has 0 bridgehead atoms. The molecule has 5 nitrogen and oxygen atoms in total. The van der Waals surface area contributed by atoms with Crippen LogP contribution < -0.4 is 0 Å². The lowest BCUT2D eigenvalue weighted by Gasteiger charge is -2.09. The molecule has 21 heavy (non-hydrogen) atoms. The molecule has 1 aromatic heterocycles. The molecule has 1 heterocycles. The topological polar surface area (TPSA) is 82.7 Å². The summed E-state index contributed by atoms with van der Waals surface area (Å²) in [6.45, 7) is 2.74. The number of aryl methyl sites for hydroxylation is 2. The van der Waals surface area contributed by atoms with Gasteiger partial charge < -0.3 is 19.9 Å². The normalized spacial score (nSPS) is 11.2. The lowest BCUT2D eigenvalue weighted by molar-refractivity contribution is 0.0698. The number of benzene rings is 1. The second-order valence-corrected chi connectivity index (χ2v) is 5.13. The Bertz CT molecular complexity index is 645. The van der Waals surface area contributed by atoms with E-state index in [9.17, 15) is 9.90 Å². The smallest absolute Gasteiger partial charge is 0.337 e. The van der Waals surface area contributed by atoms with Crippen molar-refractivity contribution in [3.05, 3.63) is 35.0 Å². The molecule has 2 rings (SSSR count). The van der Waals surface area contributed by atoms with Crippen molar-refractivity contribution in [2.24, 2.45) is 0 Å². The number of fused-ring (bicyclic) bond motifs is 1. The standard InChI is InChI=1S/C16H21NO4/c1-11-12(7-3-9-18)13-5-2-6-14(16(20)21)15(13)17(11)8-4-10-19/h2,5-6,18-19H,3-4,7-10H2,1H3,(H,20,21). The zero-order valence-electron chi connectivity index (χ0n) is 12.2. The fourth-order valence-corrected chi connectivity index (χ4v) is 2.86. The highest BCUT2D eigenvalue weighted by Gasteiger charge is 2.19. The average Bonchev–Trinajstić information content (AvgIpc) is 2.74. The Balaban J connectivity index is 2.66. The zero-order chi connectivity index (χ0) is 15.4. The van der Waals surface area contributed by atoms with Gasteiger partial charge in [0.2, 0.25) is 0 Å². The molecule has 3 N–H and O–H groups in total. The van der Waals surface area contributed by atoms with E-state index >= 15 is 0 Å². The second-order valence-electron chi connectivity index (χ2n) is 5.13. The molecule has 2 aromatic rings. The van der Waals surface area contributed by atoms with E-state index in [4.69, 9.17) is 10.2 Å². The van der Waals surface area contributed by atoms with Gasteiger partial charge in [-0.05, 0) is 37.8 Å². The Labute approximate surface area is 123 Å². The van der Waals surface area contributed by atoms with Gasteiger partial charge in [-0.1, -0.05) is 12.1 Å². The van der Waals surface area contributed by atoms with Crippen molar-refractivity contribution in [2.75, 3.05) is 13.2 Å². The molecule has 0 aliphatic rings. The first-order chi connectivity index (χ1) is 10.1. The van der Waals surface area contributed by atoms with Crippen LogP contribution in [0.15, 0.2) is 18.2 Å². The summed E-state index contributed by atoms with van der Waals surface area (Å²) in [5, 5.41) is 28.4. The molecule has 0 atom stereocenters. The monoisotopic (exact) mass is 291 g/mol. The zero-order valence-corrected chi connectivity index (χ0v) is 12.2. The van der Waals surface area contributed by atoms with E-state index in [0.29, 0.717) is 31.3 Å². The van der Waals surface area contributed by atoms with Gasteiger partial charge in [0.05, 0.1) is 11.1 Å². The van der Waals surface area contributed by atoms with E-state index in [1.807, 2.05) is 17.6 Å².